The summed E-state index contributed by atoms with van der Waals surface area (Å²) in [6.07, 6.45) is 79.8. The summed E-state index contributed by atoms with van der Waals surface area (Å²) in [5.41, 5.74) is -2.40. The van der Waals surface area contributed by atoms with Crippen LogP contribution in [0.5, 0.6) is 0 Å². The van der Waals surface area contributed by atoms with Crippen molar-refractivity contribution in [3.05, 3.63) is 97.2 Å². The summed E-state index contributed by atoms with van der Waals surface area (Å²) in [5.74, 6) is 5.20. The van der Waals surface area contributed by atoms with Gasteiger partial charge in [0.1, 0.15) is 33.6 Å². The van der Waals surface area contributed by atoms with Gasteiger partial charge in [0.15, 0.2) is 0 Å². The van der Waals surface area contributed by atoms with E-state index in [-0.39, 0.29) is 130 Å². The van der Waals surface area contributed by atoms with Crippen molar-refractivity contribution in [1.82, 2.24) is 0 Å². The van der Waals surface area contributed by atoms with E-state index in [1.807, 2.05) is 32.1 Å². The van der Waals surface area contributed by atoms with Crippen molar-refractivity contribution in [2.75, 3.05) is 14.2 Å². The highest BCUT2D eigenvalue weighted by Crippen LogP contribution is 2.57. The molecule has 16 heteroatoms. The van der Waals surface area contributed by atoms with Crippen LogP contribution in [-0.4, -0.2) is 95.6 Å². The van der Waals surface area contributed by atoms with E-state index in [4.69, 9.17) is 37.9 Å². The molecule has 10 saturated carbocycles. The van der Waals surface area contributed by atoms with E-state index < -0.39 is 16.6 Å². The third-order valence-electron chi connectivity index (χ3n) is 32.7. The summed E-state index contributed by atoms with van der Waals surface area (Å²) >= 11 is 0. The third kappa shape index (κ3) is 21.4. The first-order valence-electron chi connectivity index (χ1n) is 48.1. The monoisotopic (exact) mass is 1640 g/mol. The summed E-state index contributed by atoms with van der Waals surface area (Å²) < 4.78 is 45.7. The van der Waals surface area contributed by atoms with Crippen LogP contribution in [0, 0.1) is 124 Å². The molecule has 18 aliphatic rings. The molecule has 12 bridgehead atoms. The van der Waals surface area contributed by atoms with Gasteiger partial charge in [-0.3, -0.25) is 38.4 Å². The Bertz CT molecular complexity index is 3770. The summed E-state index contributed by atoms with van der Waals surface area (Å²) in [4.78, 5) is 99.6. The number of unbranched alkanes of at least 4 members (excludes halogenated alkanes) is 1. The second kappa shape index (κ2) is 39.7. The molecule has 18 rings (SSSR count). The average Bonchev–Trinajstić information content (AvgIpc) is 1.60. The van der Waals surface area contributed by atoms with Crippen molar-refractivity contribution < 1.29 is 76.3 Å². The van der Waals surface area contributed by atoms with E-state index in [2.05, 4.69) is 121 Å². The zero-order valence-electron chi connectivity index (χ0n) is 74.5. The molecule has 0 radical (unpaired) electrons. The average molecular weight is 1640 g/mol. The number of fused-ring (bicyclic) bond motifs is 12. The second-order valence-electron chi connectivity index (χ2n) is 41.5. The summed E-state index contributed by atoms with van der Waals surface area (Å²) in [7, 11) is 2.75. The molecular formula is C103H150O16. The maximum Gasteiger partial charge on any atom is 0.314 e. The largest absolute Gasteiger partial charge is 0.469 e. The number of methoxy groups -OCH3 is 2. The number of hydrogen-bond acceptors (Lipinski definition) is 16. The van der Waals surface area contributed by atoms with Crippen LogP contribution in [0.3, 0.4) is 0 Å². The van der Waals surface area contributed by atoms with E-state index in [0.717, 1.165) is 141 Å². The van der Waals surface area contributed by atoms with Gasteiger partial charge in [-0.05, 0) is 347 Å². The molecule has 658 valence electrons. The molecule has 119 heavy (non-hydrogen) atoms. The molecule has 22 unspecified atom stereocenters. The van der Waals surface area contributed by atoms with Crippen molar-refractivity contribution in [3.63, 3.8) is 0 Å². The van der Waals surface area contributed by atoms with Gasteiger partial charge in [-0.15, -0.1) is 0 Å². The van der Waals surface area contributed by atoms with Crippen LogP contribution < -0.4 is 0 Å². The summed E-state index contributed by atoms with van der Waals surface area (Å²) in [6, 6.07) is 0. The van der Waals surface area contributed by atoms with E-state index in [1.165, 1.54) is 130 Å². The maximum absolute atomic E-state index is 13.0. The van der Waals surface area contributed by atoms with Crippen molar-refractivity contribution in [1.29, 1.82) is 0 Å². The molecular weight excluding hydrogens is 1490 g/mol. The quantitative estimate of drug-likeness (QED) is 0.0594. The Morgan fingerprint density at radius 1 is 0.378 bits per heavy atom. The van der Waals surface area contributed by atoms with E-state index >= 15 is 0 Å². The SMILES string of the molecule is CC(C)C1(OC(=O)C2CC3C=CC2C3)CCCCC1.CC1(OC(=O)C2CC3C=CC2C3)CCCCC1.CCC(C)C1(OC(=O)C2CC3C=CC2C3)CCCCC1.CCCCC1(OC(=O)C2CC3C=CC2C3)CCCCC1.COC(=O)C1C2C=CC(C2)C1C(=O)OC1(C)C=CCCC1.COC(=O)CC1(C(=O)OC2(C)C=CCCC2)CC2C=CC1C2. The molecule has 0 aromatic rings. The lowest BCUT2D eigenvalue weighted by Crippen LogP contribution is -2.44. The smallest absolute Gasteiger partial charge is 0.314 e. The van der Waals surface area contributed by atoms with Gasteiger partial charge in [0, 0.05) is 0 Å². The molecule has 0 spiro atoms. The maximum atomic E-state index is 13.0. The Kier molecular flexibility index (Phi) is 30.1. The van der Waals surface area contributed by atoms with Crippen LogP contribution in [0.25, 0.3) is 0 Å². The Morgan fingerprint density at radius 2 is 0.798 bits per heavy atom. The van der Waals surface area contributed by atoms with Gasteiger partial charge in [0.05, 0.1) is 61.6 Å². The first-order chi connectivity index (χ1) is 57.1. The summed E-state index contributed by atoms with van der Waals surface area (Å²) in [6.45, 7) is 17.1. The minimum absolute atomic E-state index is 0.0752. The molecule has 0 saturated heterocycles. The van der Waals surface area contributed by atoms with E-state index in [0.29, 0.717) is 71.5 Å². The van der Waals surface area contributed by atoms with Crippen LogP contribution in [0.4, 0.5) is 0 Å². The molecule has 0 aliphatic heterocycles. The van der Waals surface area contributed by atoms with Gasteiger partial charge >= 0.3 is 47.8 Å². The molecule has 0 heterocycles. The van der Waals surface area contributed by atoms with Crippen LogP contribution in [0.2, 0.25) is 0 Å². The molecule has 10 fully saturated rings. The lowest BCUT2D eigenvalue weighted by atomic mass is 9.73. The van der Waals surface area contributed by atoms with Gasteiger partial charge < -0.3 is 37.9 Å². The van der Waals surface area contributed by atoms with Gasteiger partial charge in [-0.25, -0.2) is 0 Å². The highest BCUT2D eigenvalue weighted by molar-refractivity contribution is 5.86. The van der Waals surface area contributed by atoms with Crippen LogP contribution in [0.1, 0.15) is 325 Å². The van der Waals surface area contributed by atoms with Crippen LogP contribution in [-0.2, 0) is 76.3 Å². The van der Waals surface area contributed by atoms with E-state index in [9.17, 15) is 38.4 Å². The second-order valence-corrected chi connectivity index (χ2v) is 41.5. The third-order valence-corrected chi connectivity index (χ3v) is 32.7. The van der Waals surface area contributed by atoms with Crippen molar-refractivity contribution >= 4 is 47.8 Å². The van der Waals surface area contributed by atoms with Crippen molar-refractivity contribution in [2.24, 2.45) is 124 Å². The number of rotatable bonds is 21. The molecule has 0 amide bonds. The van der Waals surface area contributed by atoms with Gasteiger partial charge in [0.2, 0.25) is 0 Å². The number of allylic oxidation sites excluding steroid dienone is 14. The molecule has 0 N–H and O–H groups in total. The first kappa shape index (κ1) is 90.4. The van der Waals surface area contributed by atoms with Crippen molar-refractivity contribution in [3.8, 4) is 0 Å². The van der Waals surface area contributed by atoms with Gasteiger partial charge in [-0.1, -0.05) is 152 Å². The lowest BCUT2D eigenvalue weighted by Gasteiger charge is -2.42. The standard InChI is InChI=1S/C18H24O4.2C18H28O2.C17H22O4.C17H26O2.C15H22O2/c1-17(8-4-3-5-9-17)22-16(20)18(12-15(19)21-2)11-13-6-7-14(18)10-13;1-3-13(2)18(9-5-4-6-10-18)20-17(19)16-12-14-7-8-15(16)11-14;1-2-3-9-18(10-5-4-6-11-18)20-17(19)16-13-14-7-8-15(16)12-14;1-17(8-4-3-5-9-17)21-16(19)14-12-7-6-11(10-12)13(14)15(18)20-2;1-12(2)17(8-4-3-5-9-17)19-16(18)15-11-13-6-7-14(15)10-13;1-15(7-3-2-4-8-15)17-14(16)13-10-11-5-6-12(13)9-11/h4,6-8,13-14H,3,5,9-12H2,1-2H3;7-8,13-16H,3-6,9-12H2,1-2H3;7-8,14-16H,2-6,9-13H2,1H3;4,6-8,11-14H,3,5,9-10H2,1-2H3;6-7,12-15H,3-5,8-11H2,1-2H3;5-6,11-13H,2-4,7-10H2,1H3. The molecule has 16 nitrogen and oxygen atoms in total. The molecule has 22 atom stereocenters. The van der Waals surface area contributed by atoms with Gasteiger partial charge in [-0.2, -0.15) is 0 Å². The highest BCUT2D eigenvalue weighted by Gasteiger charge is 2.58. The van der Waals surface area contributed by atoms with Crippen molar-refractivity contribution in [2.45, 2.75) is 359 Å². The highest BCUT2D eigenvalue weighted by atomic mass is 16.6. The zero-order chi connectivity index (χ0) is 84.3. The number of hydrogen-bond donors (Lipinski definition) is 0. The van der Waals surface area contributed by atoms with Crippen LogP contribution in [0.15, 0.2) is 97.2 Å². The fourth-order valence-electron chi connectivity index (χ4n) is 25.2. The Balaban J connectivity index is 0.000000124. The molecule has 0 aromatic heterocycles. The number of carbonyl (C=O) groups is 8. The number of carbonyl (C=O) groups excluding carboxylic acids is 8. The minimum atomic E-state index is -0.735. The Morgan fingerprint density at radius 3 is 1.19 bits per heavy atom. The molecule has 0 aromatic carbocycles. The minimum Gasteiger partial charge on any atom is -0.469 e. The number of esters is 8. The summed E-state index contributed by atoms with van der Waals surface area (Å²) in [5, 5.41) is 0. The fraction of sp³-hybridized carbons (Fsp3) is 0.767. The zero-order valence-corrected chi connectivity index (χ0v) is 74.5. The topological polar surface area (TPSA) is 210 Å². The van der Waals surface area contributed by atoms with Crippen LogP contribution >= 0.6 is 0 Å². The lowest BCUT2D eigenvalue weighted by molar-refractivity contribution is -0.177. The Hall–Kier alpha value is -6.32. The predicted molar refractivity (Wildman–Crippen MR) is 462 cm³/mol. The normalized spacial score (nSPS) is 37.3. The predicted octanol–water partition coefficient (Wildman–Crippen LogP) is 22.5. The Labute approximate surface area is 714 Å². The number of ether oxygens (including phenoxy) is 8. The van der Waals surface area contributed by atoms with Gasteiger partial charge in [0.25, 0.3) is 0 Å². The van der Waals surface area contributed by atoms with E-state index in [1.54, 1.807) is 0 Å². The first-order valence-corrected chi connectivity index (χ1v) is 48.1. The fourth-order valence-corrected chi connectivity index (χ4v) is 25.2. The molecule has 18 aliphatic carbocycles.